The van der Waals surface area contributed by atoms with E-state index in [-0.39, 0.29) is 23.7 Å². The highest BCUT2D eigenvalue weighted by molar-refractivity contribution is 7.99. The first-order valence-electron chi connectivity index (χ1n) is 10.3. The fourth-order valence-electron chi connectivity index (χ4n) is 5.68. The molecule has 2 aromatic carbocycles. The molecule has 32 heavy (non-hydrogen) atoms. The Hall–Kier alpha value is -2.19. The zero-order valence-corrected chi connectivity index (χ0v) is 19.1. The third kappa shape index (κ3) is 2.71. The van der Waals surface area contributed by atoms with Crippen LogP contribution in [0.25, 0.3) is 0 Å². The molecule has 1 aromatic heterocycles. The number of nitrogens with one attached hydrogen (secondary N) is 1. The number of rotatable bonds is 3. The molecule has 0 saturated carbocycles. The van der Waals surface area contributed by atoms with Gasteiger partial charge in [-0.05, 0) is 47.3 Å². The molecule has 2 saturated heterocycles. The molecule has 8 heteroatoms. The zero-order chi connectivity index (χ0) is 22.0. The number of Topliss-reactive ketones (excluding diaryl/α,β-unsaturated/α-hetero) is 1. The molecule has 1 spiro atoms. The lowest BCUT2D eigenvalue weighted by Gasteiger charge is -2.36. The van der Waals surface area contributed by atoms with Crippen LogP contribution >= 0.6 is 34.7 Å². The van der Waals surface area contributed by atoms with Crippen LogP contribution in [-0.4, -0.2) is 34.3 Å². The van der Waals surface area contributed by atoms with Crippen LogP contribution in [0.2, 0.25) is 5.02 Å². The number of carbonyl (C=O) groups excluding carboxylic acids is 2. The molecule has 2 fully saturated rings. The van der Waals surface area contributed by atoms with Crippen molar-refractivity contribution in [3.63, 3.8) is 0 Å². The summed E-state index contributed by atoms with van der Waals surface area (Å²) < 4.78 is 14.5. The lowest BCUT2D eigenvalue weighted by molar-refractivity contribution is -0.127. The van der Waals surface area contributed by atoms with Gasteiger partial charge < -0.3 is 5.32 Å². The number of halogens is 2. The van der Waals surface area contributed by atoms with Crippen LogP contribution < -0.4 is 5.32 Å². The van der Waals surface area contributed by atoms with Crippen LogP contribution in [0.1, 0.15) is 26.7 Å². The third-order valence-corrected chi connectivity index (χ3v) is 9.06. The van der Waals surface area contributed by atoms with Crippen molar-refractivity contribution < 1.29 is 14.0 Å². The summed E-state index contributed by atoms with van der Waals surface area (Å²) in [6, 6.07) is 15.5. The number of hydrogen-bond acceptors (Lipinski definition) is 5. The second kappa shape index (κ2) is 7.42. The summed E-state index contributed by atoms with van der Waals surface area (Å²) in [7, 11) is 0. The van der Waals surface area contributed by atoms with Crippen molar-refractivity contribution in [3.05, 3.63) is 86.8 Å². The standard InChI is InChI=1S/C24H18ClFN2O2S2/c25-14-5-3-13(4-6-14)20-18-11-31-12-28(18)24(21(20)22(29)19-2-1-9-32-19)16-10-15(26)7-8-17(16)27-23(24)30/h1-10,18,20-21H,11-12H2,(H,27,30)/t18-,20-,21+,24-/m1/s1. The van der Waals surface area contributed by atoms with Crippen molar-refractivity contribution in [2.24, 2.45) is 5.92 Å². The Kier molecular flexibility index (Phi) is 4.73. The first-order valence-corrected chi connectivity index (χ1v) is 12.7. The lowest BCUT2D eigenvalue weighted by atomic mass is 9.70. The SMILES string of the molecule is O=C(c1cccs1)[C@@H]1[C@H](c2ccc(Cl)cc2)[C@H]2CSCN2[C@@]12C(=O)Nc1ccc(F)cc12. The predicted molar refractivity (Wildman–Crippen MR) is 126 cm³/mol. The normalized spacial score (nSPS) is 28.7. The van der Waals surface area contributed by atoms with Crippen molar-refractivity contribution in [2.45, 2.75) is 17.5 Å². The highest BCUT2D eigenvalue weighted by Crippen LogP contribution is 2.61. The Labute approximate surface area is 197 Å². The number of benzene rings is 2. The number of anilines is 1. The second-order valence-electron chi connectivity index (χ2n) is 8.34. The molecule has 4 heterocycles. The van der Waals surface area contributed by atoms with Crippen LogP contribution in [-0.2, 0) is 10.3 Å². The topological polar surface area (TPSA) is 49.4 Å². The summed E-state index contributed by atoms with van der Waals surface area (Å²) in [5.74, 6) is -0.259. The number of nitrogens with zero attached hydrogens (tertiary/aromatic N) is 1. The Morgan fingerprint density at radius 2 is 2.00 bits per heavy atom. The molecule has 3 aliphatic rings. The van der Waals surface area contributed by atoms with Gasteiger partial charge in [0.05, 0.1) is 10.8 Å². The van der Waals surface area contributed by atoms with E-state index < -0.39 is 17.3 Å². The molecule has 0 radical (unpaired) electrons. The van der Waals surface area contributed by atoms with Gasteiger partial charge in [0.1, 0.15) is 11.4 Å². The van der Waals surface area contributed by atoms with Gasteiger partial charge >= 0.3 is 0 Å². The van der Waals surface area contributed by atoms with Crippen LogP contribution in [0.3, 0.4) is 0 Å². The van der Waals surface area contributed by atoms with Crippen molar-refractivity contribution in [3.8, 4) is 0 Å². The molecule has 4 nitrogen and oxygen atoms in total. The first kappa shape index (κ1) is 20.4. The van der Waals surface area contributed by atoms with Gasteiger partial charge in [-0.25, -0.2) is 4.39 Å². The quantitative estimate of drug-likeness (QED) is 0.508. The summed E-state index contributed by atoms with van der Waals surface area (Å²) in [6.07, 6.45) is 0. The van der Waals surface area contributed by atoms with Crippen molar-refractivity contribution in [1.29, 1.82) is 0 Å². The van der Waals surface area contributed by atoms with E-state index in [0.717, 1.165) is 11.3 Å². The van der Waals surface area contributed by atoms with E-state index in [9.17, 15) is 14.0 Å². The number of thiophene rings is 1. The van der Waals surface area contributed by atoms with E-state index in [4.69, 9.17) is 11.6 Å². The number of ketones is 1. The summed E-state index contributed by atoms with van der Waals surface area (Å²) in [6.45, 7) is 0. The fourth-order valence-corrected chi connectivity index (χ4v) is 7.83. The van der Waals surface area contributed by atoms with Gasteiger partial charge in [0.15, 0.2) is 5.78 Å². The molecule has 162 valence electrons. The molecule has 3 aliphatic heterocycles. The predicted octanol–water partition coefficient (Wildman–Crippen LogP) is 5.36. The molecule has 6 rings (SSSR count). The largest absolute Gasteiger partial charge is 0.324 e. The summed E-state index contributed by atoms with van der Waals surface area (Å²) in [4.78, 5) is 30.6. The van der Waals surface area contributed by atoms with E-state index in [1.54, 1.807) is 23.9 Å². The Morgan fingerprint density at radius 3 is 2.75 bits per heavy atom. The number of carbonyl (C=O) groups is 2. The van der Waals surface area contributed by atoms with Crippen molar-refractivity contribution in [1.82, 2.24) is 4.90 Å². The molecule has 3 aromatic rings. The third-order valence-electron chi connectivity index (χ3n) is 6.88. The van der Waals surface area contributed by atoms with Crippen LogP contribution in [0.4, 0.5) is 10.1 Å². The summed E-state index contributed by atoms with van der Waals surface area (Å²) in [5, 5.41) is 5.44. The zero-order valence-electron chi connectivity index (χ0n) is 16.8. The van der Waals surface area contributed by atoms with Gasteiger partial charge in [-0.15, -0.1) is 23.1 Å². The second-order valence-corrected chi connectivity index (χ2v) is 10.7. The van der Waals surface area contributed by atoms with Crippen LogP contribution in [0.15, 0.2) is 60.0 Å². The maximum atomic E-state index is 14.5. The van der Waals surface area contributed by atoms with Crippen LogP contribution in [0, 0.1) is 11.7 Å². The molecule has 1 N–H and O–H groups in total. The molecule has 0 aliphatic carbocycles. The van der Waals surface area contributed by atoms with E-state index in [1.165, 1.54) is 23.5 Å². The summed E-state index contributed by atoms with van der Waals surface area (Å²) >= 11 is 9.26. The Morgan fingerprint density at radius 1 is 1.19 bits per heavy atom. The van der Waals surface area contributed by atoms with Gasteiger partial charge in [-0.1, -0.05) is 29.8 Å². The highest BCUT2D eigenvalue weighted by atomic mass is 35.5. The van der Waals surface area contributed by atoms with E-state index in [1.807, 2.05) is 35.7 Å². The number of thioether (sulfide) groups is 1. The van der Waals surface area contributed by atoms with E-state index in [0.29, 0.717) is 27.0 Å². The monoisotopic (exact) mass is 484 g/mol. The van der Waals surface area contributed by atoms with Gasteiger partial charge in [0.25, 0.3) is 0 Å². The maximum Gasteiger partial charge on any atom is 0.250 e. The number of fused-ring (bicyclic) bond motifs is 4. The average Bonchev–Trinajstić information content (AvgIpc) is 3.55. The molecule has 0 bridgehead atoms. The van der Waals surface area contributed by atoms with Gasteiger partial charge in [0.2, 0.25) is 5.91 Å². The van der Waals surface area contributed by atoms with E-state index in [2.05, 4.69) is 10.2 Å². The van der Waals surface area contributed by atoms with Gasteiger partial charge in [0, 0.05) is 39.9 Å². The van der Waals surface area contributed by atoms with Crippen molar-refractivity contribution in [2.75, 3.05) is 16.9 Å². The smallest absolute Gasteiger partial charge is 0.250 e. The molecule has 1 amide bonds. The van der Waals surface area contributed by atoms with Gasteiger partial charge in [-0.3, -0.25) is 14.5 Å². The summed E-state index contributed by atoms with van der Waals surface area (Å²) in [5.41, 5.74) is 0.849. The van der Waals surface area contributed by atoms with Gasteiger partial charge in [-0.2, -0.15) is 0 Å². The highest BCUT2D eigenvalue weighted by Gasteiger charge is 2.69. The Balaban J connectivity index is 1.63. The average molecular weight is 485 g/mol. The molecule has 4 atom stereocenters. The lowest BCUT2D eigenvalue weighted by Crippen LogP contribution is -2.52. The van der Waals surface area contributed by atoms with Crippen molar-refractivity contribution >= 4 is 52.1 Å². The minimum atomic E-state index is -1.25. The molecular formula is C24H18ClFN2O2S2. The fraction of sp³-hybridized carbons (Fsp3) is 0.250. The Bertz CT molecular complexity index is 1230. The first-order chi connectivity index (χ1) is 15.5. The van der Waals surface area contributed by atoms with Crippen LogP contribution in [0.5, 0.6) is 0 Å². The van der Waals surface area contributed by atoms with E-state index >= 15 is 0 Å². The number of amides is 1. The molecule has 0 unspecified atom stereocenters. The molecular weight excluding hydrogens is 467 g/mol. The minimum absolute atomic E-state index is 0.0324. The minimum Gasteiger partial charge on any atom is -0.324 e. The maximum absolute atomic E-state index is 14.5. The number of hydrogen-bond donors (Lipinski definition) is 1.